The number of nitrogens with one attached hydrogen (secondary N) is 1. The van der Waals surface area contributed by atoms with Gasteiger partial charge in [-0.3, -0.25) is 9.10 Å². The second-order valence-corrected chi connectivity index (χ2v) is 9.78. The van der Waals surface area contributed by atoms with Gasteiger partial charge in [-0.25, -0.2) is 13.8 Å². The van der Waals surface area contributed by atoms with Crippen molar-refractivity contribution in [3.05, 3.63) is 93.5 Å². The Morgan fingerprint density at radius 1 is 1.03 bits per heavy atom. The van der Waals surface area contributed by atoms with Crippen LogP contribution in [-0.4, -0.2) is 27.1 Å². The minimum atomic E-state index is -3.99. The molecule has 0 aromatic heterocycles. The fraction of sp³-hybridized carbons (Fsp3) is 0.130. The van der Waals surface area contributed by atoms with Gasteiger partial charge in [-0.05, 0) is 55.3 Å². The van der Waals surface area contributed by atoms with Crippen molar-refractivity contribution in [2.24, 2.45) is 5.10 Å². The summed E-state index contributed by atoms with van der Waals surface area (Å²) in [5, 5.41) is 4.75. The Morgan fingerprint density at radius 3 is 2.44 bits per heavy atom. The molecule has 1 amide bonds. The number of carbonyl (C=O) groups is 1. The molecule has 0 heterocycles. The highest BCUT2D eigenvalue weighted by Gasteiger charge is 2.28. The molecule has 6 nitrogen and oxygen atoms in total. The van der Waals surface area contributed by atoms with E-state index in [4.69, 9.17) is 23.2 Å². The van der Waals surface area contributed by atoms with E-state index in [0.717, 1.165) is 15.4 Å². The number of nitrogens with zero attached hydrogens (tertiary/aromatic N) is 2. The summed E-state index contributed by atoms with van der Waals surface area (Å²) in [7, 11) is -3.99. The summed E-state index contributed by atoms with van der Waals surface area (Å²) in [5.41, 5.74) is 4.94. The number of halogens is 2. The van der Waals surface area contributed by atoms with Gasteiger partial charge in [0, 0.05) is 10.6 Å². The van der Waals surface area contributed by atoms with Crippen LogP contribution in [0.5, 0.6) is 0 Å². The predicted molar refractivity (Wildman–Crippen MR) is 129 cm³/mol. The third-order valence-electron chi connectivity index (χ3n) is 4.61. The number of carbonyl (C=O) groups excluding carboxylic acids is 1. The number of rotatable bonds is 7. The monoisotopic (exact) mass is 489 g/mol. The van der Waals surface area contributed by atoms with Crippen LogP contribution >= 0.6 is 23.2 Å². The molecule has 3 aromatic carbocycles. The molecule has 0 aliphatic rings. The Kier molecular flexibility index (Phi) is 7.56. The summed E-state index contributed by atoms with van der Waals surface area (Å²) in [6.07, 6.45) is 1.37. The van der Waals surface area contributed by atoms with Gasteiger partial charge in [0.15, 0.2) is 0 Å². The third-order valence-corrected chi connectivity index (χ3v) is 6.94. The lowest BCUT2D eigenvalue weighted by atomic mass is 10.1. The van der Waals surface area contributed by atoms with Crippen molar-refractivity contribution >= 4 is 51.0 Å². The summed E-state index contributed by atoms with van der Waals surface area (Å²) in [5.74, 6) is -0.605. The smallest absolute Gasteiger partial charge is 0.264 e. The van der Waals surface area contributed by atoms with Gasteiger partial charge in [0.25, 0.3) is 15.9 Å². The number of aryl methyl sites for hydroxylation is 2. The van der Waals surface area contributed by atoms with Crippen LogP contribution in [0.2, 0.25) is 10.0 Å². The van der Waals surface area contributed by atoms with Crippen LogP contribution in [0.3, 0.4) is 0 Å². The minimum absolute atomic E-state index is 0.0881. The average Bonchev–Trinajstić information content (AvgIpc) is 2.76. The van der Waals surface area contributed by atoms with Crippen LogP contribution in [0.4, 0.5) is 5.69 Å². The first-order valence-electron chi connectivity index (χ1n) is 9.60. The maximum absolute atomic E-state index is 13.4. The lowest BCUT2D eigenvalue weighted by molar-refractivity contribution is -0.119. The van der Waals surface area contributed by atoms with Crippen molar-refractivity contribution in [2.45, 2.75) is 18.7 Å². The zero-order valence-corrected chi connectivity index (χ0v) is 19.7. The summed E-state index contributed by atoms with van der Waals surface area (Å²) in [6.45, 7) is 3.20. The number of hydrazone groups is 1. The molecule has 3 aromatic rings. The molecular weight excluding hydrogens is 469 g/mol. The Hall–Kier alpha value is -2.87. The second kappa shape index (κ2) is 10.2. The van der Waals surface area contributed by atoms with E-state index >= 15 is 0 Å². The number of amides is 1. The van der Waals surface area contributed by atoms with Crippen molar-refractivity contribution in [3.8, 4) is 0 Å². The zero-order chi connectivity index (χ0) is 23.3. The summed E-state index contributed by atoms with van der Waals surface area (Å²) < 4.78 is 27.9. The normalized spacial score (nSPS) is 11.5. The van der Waals surface area contributed by atoms with Crippen LogP contribution in [0.25, 0.3) is 0 Å². The number of hydrogen-bond donors (Lipinski definition) is 1. The molecule has 0 aliphatic carbocycles. The maximum atomic E-state index is 13.4. The van der Waals surface area contributed by atoms with Gasteiger partial charge in [0.1, 0.15) is 6.54 Å². The van der Waals surface area contributed by atoms with Gasteiger partial charge in [-0.1, -0.05) is 59.6 Å². The van der Waals surface area contributed by atoms with Crippen molar-refractivity contribution in [3.63, 3.8) is 0 Å². The van der Waals surface area contributed by atoms with Gasteiger partial charge in [-0.15, -0.1) is 0 Å². The molecule has 0 unspecified atom stereocenters. The first kappa shape index (κ1) is 23.8. The average molecular weight is 490 g/mol. The molecule has 0 aliphatic heterocycles. The predicted octanol–water partition coefficient (Wildman–Crippen LogP) is 4.96. The van der Waals surface area contributed by atoms with E-state index in [1.54, 1.807) is 49.4 Å². The molecule has 1 N–H and O–H groups in total. The fourth-order valence-corrected chi connectivity index (χ4v) is 4.91. The molecule has 0 radical (unpaired) electrons. The Bertz CT molecular complexity index is 1260. The number of hydrogen-bond acceptors (Lipinski definition) is 4. The number of sulfonamides is 1. The Morgan fingerprint density at radius 2 is 1.75 bits per heavy atom. The number of anilines is 1. The fourth-order valence-electron chi connectivity index (χ4n) is 2.95. The highest BCUT2D eigenvalue weighted by atomic mass is 35.5. The van der Waals surface area contributed by atoms with E-state index in [0.29, 0.717) is 21.3 Å². The molecule has 0 saturated carbocycles. The summed E-state index contributed by atoms with van der Waals surface area (Å²) in [6, 6.07) is 18.3. The SMILES string of the molecule is Cc1ccc(C)c(N(CC(=O)N/N=C\c2ccc(Cl)cc2Cl)S(=O)(=O)c2ccccc2)c1. The van der Waals surface area contributed by atoms with E-state index in [9.17, 15) is 13.2 Å². The van der Waals surface area contributed by atoms with E-state index in [-0.39, 0.29) is 4.90 Å². The highest BCUT2D eigenvalue weighted by Crippen LogP contribution is 2.27. The molecule has 3 rings (SSSR count). The van der Waals surface area contributed by atoms with Gasteiger partial charge < -0.3 is 0 Å². The highest BCUT2D eigenvalue weighted by molar-refractivity contribution is 7.92. The van der Waals surface area contributed by atoms with Crippen molar-refractivity contribution in [1.82, 2.24) is 5.43 Å². The molecule has 0 spiro atoms. The van der Waals surface area contributed by atoms with E-state index in [2.05, 4.69) is 10.5 Å². The van der Waals surface area contributed by atoms with Crippen LogP contribution < -0.4 is 9.73 Å². The first-order valence-corrected chi connectivity index (χ1v) is 11.8. The quantitative estimate of drug-likeness (QED) is 0.376. The first-order chi connectivity index (χ1) is 15.2. The third kappa shape index (κ3) is 5.68. The van der Waals surface area contributed by atoms with Crippen molar-refractivity contribution < 1.29 is 13.2 Å². The topological polar surface area (TPSA) is 78.8 Å². The lowest BCUT2D eigenvalue weighted by Crippen LogP contribution is -2.40. The molecule has 0 bridgehead atoms. The molecule has 0 fully saturated rings. The zero-order valence-electron chi connectivity index (χ0n) is 17.4. The van der Waals surface area contributed by atoms with Gasteiger partial charge in [0.05, 0.1) is 21.8 Å². The van der Waals surface area contributed by atoms with Crippen LogP contribution in [0.1, 0.15) is 16.7 Å². The van der Waals surface area contributed by atoms with Crippen molar-refractivity contribution in [1.29, 1.82) is 0 Å². The summed E-state index contributed by atoms with van der Waals surface area (Å²) >= 11 is 12.0. The van der Waals surface area contributed by atoms with E-state index in [1.165, 1.54) is 18.3 Å². The molecule has 0 atom stereocenters. The van der Waals surface area contributed by atoms with E-state index < -0.39 is 22.5 Å². The molecule has 32 heavy (non-hydrogen) atoms. The van der Waals surface area contributed by atoms with Crippen LogP contribution in [0.15, 0.2) is 76.7 Å². The van der Waals surface area contributed by atoms with Crippen molar-refractivity contribution in [2.75, 3.05) is 10.8 Å². The van der Waals surface area contributed by atoms with Gasteiger partial charge in [-0.2, -0.15) is 5.10 Å². The lowest BCUT2D eigenvalue weighted by Gasteiger charge is -2.25. The minimum Gasteiger partial charge on any atom is -0.271 e. The molecule has 9 heteroatoms. The largest absolute Gasteiger partial charge is 0.271 e. The molecule has 0 saturated heterocycles. The maximum Gasteiger partial charge on any atom is 0.264 e. The van der Waals surface area contributed by atoms with Crippen LogP contribution in [-0.2, 0) is 14.8 Å². The van der Waals surface area contributed by atoms with Gasteiger partial charge in [0.2, 0.25) is 0 Å². The molecule has 166 valence electrons. The van der Waals surface area contributed by atoms with E-state index in [1.807, 2.05) is 19.1 Å². The summed E-state index contributed by atoms with van der Waals surface area (Å²) in [4.78, 5) is 12.7. The van der Waals surface area contributed by atoms with Gasteiger partial charge >= 0.3 is 0 Å². The Balaban J connectivity index is 1.88. The standard InChI is InChI=1S/C23H21Cl2N3O3S/c1-16-8-9-17(2)22(12-16)28(32(30,31)20-6-4-3-5-7-20)15-23(29)27-26-14-18-10-11-19(24)13-21(18)25/h3-14H,15H2,1-2H3,(H,27,29)/b26-14-. The molecular formula is C23H21Cl2N3O3S. The van der Waals surface area contributed by atoms with Crippen LogP contribution in [0, 0.1) is 13.8 Å². The number of benzene rings is 3. The second-order valence-electron chi connectivity index (χ2n) is 7.07. The Labute approximate surface area is 197 Å².